The monoisotopic (exact) mass is 509 g/mol. The van der Waals surface area contributed by atoms with Gasteiger partial charge in [-0.25, -0.2) is 0 Å². The van der Waals surface area contributed by atoms with Gasteiger partial charge >= 0.3 is 0 Å². The number of nitrogens with one attached hydrogen (secondary N) is 1. The molecule has 1 N–H and O–H groups in total. The van der Waals surface area contributed by atoms with Crippen LogP contribution in [0.5, 0.6) is 17.2 Å². The number of benzene rings is 3. The van der Waals surface area contributed by atoms with E-state index in [9.17, 15) is 4.79 Å². The number of unbranched alkanes of at least 4 members (excludes halogenated alkanes) is 1. The van der Waals surface area contributed by atoms with Crippen molar-refractivity contribution in [2.24, 2.45) is 5.92 Å². The first-order valence-corrected chi connectivity index (χ1v) is 13.3. The van der Waals surface area contributed by atoms with Crippen LogP contribution in [0.25, 0.3) is 6.08 Å². The van der Waals surface area contributed by atoms with E-state index >= 15 is 0 Å². The highest BCUT2D eigenvalue weighted by molar-refractivity contribution is 5.87. The largest absolute Gasteiger partial charge is 0.497 e. The predicted octanol–water partition coefficient (Wildman–Crippen LogP) is 6.33. The van der Waals surface area contributed by atoms with Crippen LogP contribution in [0.1, 0.15) is 42.4 Å². The molecule has 1 aliphatic carbocycles. The molecule has 0 spiro atoms. The minimum Gasteiger partial charge on any atom is -0.497 e. The van der Waals surface area contributed by atoms with Crippen LogP contribution in [0.2, 0.25) is 0 Å². The molecule has 5 heteroatoms. The molecule has 1 heterocycles. The average molecular weight is 510 g/mol. The Morgan fingerprint density at radius 3 is 2.26 bits per heavy atom. The summed E-state index contributed by atoms with van der Waals surface area (Å²) in [5, 5.41) is 3.05. The zero-order valence-electron chi connectivity index (χ0n) is 22.1. The van der Waals surface area contributed by atoms with Gasteiger partial charge in [-0.05, 0) is 90.8 Å². The Labute approximate surface area is 225 Å². The van der Waals surface area contributed by atoms with Crippen LogP contribution >= 0.6 is 0 Å². The Balaban J connectivity index is 1.14. The first-order valence-electron chi connectivity index (χ1n) is 13.3. The van der Waals surface area contributed by atoms with Gasteiger partial charge in [-0.15, -0.1) is 0 Å². The fraction of sp³-hybridized carbons (Fsp3) is 0.303. The van der Waals surface area contributed by atoms with E-state index in [1.165, 1.54) is 16.7 Å². The highest BCUT2D eigenvalue weighted by Gasteiger charge is 2.55. The topological polar surface area (TPSA) is 56.8 Å². The number of fused-ring (bicyclic) bond motifs is 1. The third-order valence-electron chi connectivity index (χ3n) is 7.62. The van der Waals surface area contributed by atoms with Crippen LogP contribution in [0.3, 0.4) is 0 Å². The molecule has 3 aromatic rings. The molecule has 1 atom stereocenters. The van der Waals surface area contributed by atoms with Crippen molar-refractivity contribution in [3.05, 3.63) is 107 Å². The standard InChI is InChI=1S/C33H35NO4/c1-36-29-15-10-26(11-16-29)33(27-12-17-30(37-2)18-13-27)22-28(33)14-19-32(35)34-20-6-5-7-24-21-25-8-3-4-9-31(25)38-23-24/h3-4,8-19,21,28H,5-7,20,22-23H2,1-2H3,(H,34,35)/b19-14+/t28-/m1/s1. The zero-order chi connectivity index (χ0) is 26.4. The van der Waals surface area contributed by atoms with Gasteiger partial charge in [-0.2, -0.15) is 0 Å². The maximum absolute atomic E-state index is 12.6. The third kappa shape index (κ3) is 5.62. The van der Waals surface area contributed by atoms with Gasteiger partial charge in [0.1, 0.15) is 23.9 Å². The summed E-state index contributed by atoms with van der Waals surface area (Å²) < 4.78 is 16.5. The average Bonchev–Trinajstić information content (AvgIpc) is 3.71. The normalized spacial score (nSPS) is 17.2. The molecule has 1 aliphatic heterocycles. The molecule has 5 rings (SSSR count). The SMILES string of the molecule is COc1ccc(C2(c3ccc(OC)cc3)C[C@H]2/C=C/C(=O)NCCCCC2=Cc3ccccc3OC2)cc1. The van der Waals surface area contributed by atoms with Crippen LogP contribution in [0.4, 0.5) is 0 Å². The zero-order valence-corrected chi connectivity index (χ0v) is 22.1. The van der Waals surface area contributed by atoms with Crippen molar-refractivity contribution < 1.29 is 19.0 Å². The number of hydrogen-bond donors (Lipinski definition) is 1. The van der Waals surface area contributed by atoms with Crippen molar-refractivity contribution in [1.82, 2.24) is 5.32 Å². The number of rotatable bonds is 11. The lowest BCUT2D eigenvalue weighted by atomic mass is 9.85. The van der Waals surface area contributed by atoms with Gasteiger partial charge in [-0.1, -0.05) is 48.5 Å². The number of carbonyl (C=O) groups excluding carboxylic acids is 1. The highest BCUT2D eigenvalue weighted by Crippen LogP contribution is 2.59. The van der Waals surface area contributed by atoms with Gasteiger partial charge in [0.05, 0.1) is 14.2 Å². The van der Waals surface area contributed by atoms with E-state index in [2.05, 4.69) is 47.8 Å². The Bertz CT molecular complexity index is 1260. The number of hydrogen-bond acceptors (Lipinski definition) is 4. The number of methoxy groups -OCH3 is 2. The molecule has 0 bridgehead atoms. The highest BCUT2D eigenvalue weighted by atomic mass is 16.5. The molecule has 0 radical (unpaired) electrons. The Morgan fingerprint density at radius 2 is 1.61 bits per heavy atom. The maximum atomic E-state index is 12.6. The molecular weight excluding hydrogens is 474 g/mol. The Kier molecular flexibility index (Phi) is 7.83. The molecule has 0 saturated heterocycles. The van der Waals surface area contributed by atoms with Crippen LogP contribution in [-0.2, 0) is 10.2 Å². The molecule has 0 unspecified atom stereocenters. The number of amides is 1. The lowest BCUT2D eigenvalue weighted by Gasteiger charge is -2.19. The van der Waals surface area contributed by atoms with E-state index in [4.69, 9.17) is 14.2 Å². The van der Waals surface area contributed by atoms with Gasteiger partial charge < -0.3 is 19.5 Å². The summed E-state index contributed by atoms with van der Waals surface area (Å²) in [5.41, 5.74) is 4.75. The summed E-state index contributed by atoms with van der Waals surface area (Å²) in [7, 11) is 3.35. The van der Waals surface area contributed by atoms with E-state index < -0.39 is 0 Å². The van der Waals surface area contributed by atoms with E-state index in [1.807, 2.05) is 42.5 Å². The van der Waals surface area contributed by atoms with E-state index in [0.717, 1.165) is 48.5 Å². The summed E-state index contributed by atoms with van der Waals surface area (Å²) >= 11 is 0. The third-order valence-corrected chi connectivity index (χ3v) is 7.62. The molecule has 1 amide bonds. The van der Waals surface area contributed by atoms with Crippen molar-refractivity contribution in [2.45, 2.75) is 31.1 Å². The summed E-state index contributed by atoms with van der Waals surface area (Å²) in [6.07, 6.45) is 9.88. The second kappa shape index (κ2) is 11.6. The number of para-hydroxylation sites is 1. The number of ether oxygens (including phenoxy) is 3. The smallest absolute Gasteiger partial charge is 0.243 e. The van der Waals surface area contributed by atoms with Crippen molar-refractivity contribution in [1.29, 1.82) is 0 Å². The van der Waals surface area contributed by atoms with Crippen LogP contribution in [0, 0.1) is 5.92 Å². The minimum atomic E-state index is -0.149. The second-order valence-corrected chi connectivity index (χ2v) is 9.98. The fourth-order valence-electron chi connectivity index (χ4n) is 5.39. The molecule has 38 heavy (non-hydrogen) atoms. The molecule has 1 saturated carbocycles. The van der Waals surface area contributed by atoms with Gasteiger partial charge in [0.15, 0.2) is 0 Å². The van der Waals surface area contributed by atoms with E-state index in [0.29, 0.717) is 13.2 Å². The fourth-order valence-corrected chi connectivity index (χ4v) is 5.39. The Hall–Kier alpha value is -3.99. The molecular formula is C33H35NO4. The lowest BCUT2D eigenvalue weighted by Crippen LogP contribution is -2.22. The van der Waals surface area contributed by atoms with E-state index in [-0.39, 0.29) is 17.2 Å². The molecule has 5 nitrogen and oxygen atoms in total. The van der Waals surface area contributed by atoms with Gasteiger partial charge in [0, 0.05) is 17.5 Å². The van der Waals surface area contributed by atoms with Crippen molar-refractivity contribution >= 4 is 12.0 Å². The van der Waals surface area contributed by atoms with Crippen molar-refractivity contribution in [3.63, 3.8) is 0 Å². The molecule has 3 aromatic carbocycles. The van der Waals surface area contributed by atoms with Crippen LogP contribution < -0.4 is 19.5 Å². The van der Waals surface area contributed by atoms with Crippen molar-refractivity contribution in [3.8, 4) is 17.2 Å². The molecule has 1 fully saturated rings. The maximum Gasteiger partial charge on any atom is 0.243 e. The predicted molar refractivity (Wildman–Crippen MR) is 151 cm³/mol. The first-order chi connectivity index (χ1) is 18.6. The second-order valence-electron chi connectivity index (χ2n) is 9.98. The summed E-state index contributed by atoms with van der Waals surface area (Å²) in [6, 6.07) is 24.6. The quantitative estimate of drug-likeness (QED) is 0.242. The molecule has 196 valence electrons. The summed E-state index contributed by atoms with van der Waals surface area (Å²) in [5.74, 6) is 2.83. The van der Waals surface area contributed by atoms with Gasteiger partial charge in [0.25, 0.3) is 0 Å². The molecule has 0 aromatic heterocycles. The van der Waals surface area contributed by atoms with E-state index in [1.54, 1.807) is 20.3 Å². The first kappa shape index (κ1) is 25.7. The lowest BCUT2D eigenvalue weighted by molar-refractivity contribution is -0.116. The summed E-state index contributed by atoms with van der Waals surface area (Å²) in [6.45, 7) is 1.32. The Morgan fingerprint density at radius 1 is 0.947 bits per heavy atom. The summed E-state index contributed by atoms with van der Waals surface area (Å²) in [4.78, 5) is 12.6. The van der Waals surface area contributed by atoms with Gasteiger partial charge in [-0.3, -0.25) is 4.79 Å². The van der Waals surface area contributed by atoms with Crippen LogP contribution in [-0.4, -0.2) is 33.3 Å². The van der Waals surface area contributed by atoms with Gasteiger partial charge in [0.2, 0.25) is 5.91 Å². The van der Waals surface area contributed by atoms with Crippen LogP contribution in [0.15, 0.2) is 90.5 Å². The van der Waals surface area contributed by atoms with Crippen molar-refractivity contribution in [2.75, 3.05) is 27.4 Å². The minimum absolute atomic E-state index is 0.0376. The molecule has 2 aliphatic rings. The number of carbonyl (C=O) groups is 1. The number of allylic oxidation sites excluding steroid dienone is 1.